The van der Waals surface area contributed by atoms with Gasteiger partial charge in [-0.15, -0.1) is 0 Å². The smallest absolute Gasteiger partial charge is 0.256 e. The van der Waals surface area contributed by atoms with Crippen LogP contribution >= 0.6 is 11.6 Å². The van der Waals surface area contributed by atoms with Gasteiger partial charge in [0.25, 0.3) is 5.91 Å². The molecular weight excluding hydrogens is 284 g/mol. The molecule has 2 aromatic carbocycles. The minimum Gasteiger partial charge on any atom is -0.308 e. The fourth-order valence-corrected chi connectivity index (χ4v) is 3.71. The number of nitrogens with one attached hydrogen (secondary N) is 1. The van der Waals surface area contributed by atoms with Crippen LogP contribution in [0.3, 0.4) is 0 Å². The highest BCUT2D eigenvalue weighted by molar-refractivity contribution is 6.30. The second kappa shape index (κ2) is 4.33. The lowest BCUT2D eigenvalue weighted by Gasteiger charge is -2.35. The van der Waals surface area contributed by atoms with Crippen LogP contribution in [0.2, 0.25) is 5.02 Å². The van der Waals surface area contributed by atoms with E-state index in [1.54, 1.807) is 0 Å². The number of hydrogen-bond donors (Lipinski definition) is 1. The standard InChI is InChI=1S/C17H15ClN2O/c1-11-10-19-17(12-6-8-13(18)9-7-12)15-5-3-2-4-14(15)16(21)20(11)17/h2-9,11,19H,10H2,1H3/t11-,17-/m0/s1. The van der Waals surface area contributed by atoms with Gasteiger partial charge in [0.15, 0.2) is 0 Å². The van der Waals surface area contributed by atoms with Crippen molar-refractivity contribution in [2.45, 2.75) is 18.6 Å². The van der Waals surface area contributed by atoms with Gasteiger partial charge in [0.05, 0.1) is 0 Å². The first-order valence-electron chi connectivity index (χ1n) is 7.09. The predicted octanol–water partition coefficient (Wildman–Crippen LogP) is 2.99. The summed E-state index contributed by atoms with van der Waals surface area (Å²) in [7, 11) is 0. The van der Waals surface area contributed by atoms with Gasteiger partial charge in [-0.05, 0) is 30.7 Å². The number of carbonyl (C=O) groups excluding carboxylic acids is 1. The molecule has 0 spiro atoms. The molecule has 0 unspecified atom stereocenters. The minimum atomic E-state index is -0.558. The van der Waals surface area contributed by atoms with E-state index in [0.717, 1.165) is 23.2 Å². The molecule has 0 aliphatic carbocycles. The summed E-state index contributed by atoms with van der Waals surface area (Å²) in [4.78, 5) is 14.8. The van der Waals surface area contributed by atoms with Gasteiger partial charge in [-0.25, -0.2) is 0 Å². The summed E-state index contributed by atoms with van der Waals surface area (Å²) in [5.74, 6) is 0.0954. The number of hydrogen-bond acceptors (Lipinski definition) is 2. The summed E-state index contributed by atoms with van der Waals surface area (Å²) < 4.78 is 0. The third-order valence-electron chi connectivity index (χ3n) is 4.48. The molecule has 4 rings (SSSR count). The average Bonchev–Trinajstić information content (AvgIpc) is 2.97. The highest BCUT2D eigenvalue weighted by atomic mass is 35.5. The second-order valence-corrected chi connectivity index (χ2v) is 6.10. The Kier molecular flexibility index (Phi) is 2.65. The molecule has 0 radical (unpaired) electrons. The summed E-state index contributed by atoms with van der Waals surface area (Å²) in [6.07, 6.45) is 0. The Bertz CT molecular complexity index is 728. The molecule has 3 nitrogen and oxygen atoms in total. The van der Waals surface area contributed by atoms with E-state index in [-0.39, 0.29) is 11.9 Å². The molecule has 1 fully saturated rings. The number of halogens is 1. The van der Waals surface area contributed by atoms with Gasteiger partial charge in [-0.3, -0.25) is 10.1 Å². The van der Waals surface area contributed by atoms with Crippen molar-refractivity contribution in [3.63, 3.8) is 0 Å². The Labute approximate surface area is 128 Å². The maximum Gasteiger partial charge on any atom is 0.256 e. The second-order valence-electron chi connectivity index (χ2n) is 5.67. The predicted molar refractivity (Wildman–Crippen MR) is 82.3 cm³/mol. The molecule has 2 atom stereocenters. The third-order valence-corrected chi connectivity index (χ3v) is 4.74. The summed E-state index contributed by atoms with van der Waals surface area (Å²) >= 11 is 6.02. The highest BCUT2D eigenvalue weighted by Crippen LogP contribution is 2.46. The third kappa shape index (κ3) is 1.56. The first-order valence-corrected chi connectivity index (χ1v) is 7.46. The first-order chi connectivity index (χ1) is 10.1. The van der Waals surface area contributed by atoms with Gasteiger partial charge in [0.1, 0.15) is 5.66 Å². The zero-order valence-electron chi connectivity index (χ0n) is 11.6. The molecule has 0 saturated carbocycles. The topological polar surface area (TPSA) is 32.3 Å². The summed E-state index contributed by atoms with van der Waals surface area (Å²) in [6.45, 7) is 2.86. The van der Waals surface area contributed by atoms with Gasteiger partial charge >= 0.3 is 0 Å². The number of carbonyl (C=O) groups is 1. The van der Waals surface area contributed by atoms with Crippen molar-refractivity contribution in [2.24, 2.45) is 0 Å². The van der Waals surface area contributed by atoms with Crippen LogP contribution in [0.1, 0.15) is 28.4 Å². The van der Waals surface area contributed by atoms with Crippen molar-refractivity contribution in [3.8, 4) is 0 Å². The number of nitrogens with zero attached hydrogens (tertiary/aromatic N) is 1. The lowest BCUT2D eigenvalue weighted by Crippen LogP contribution is -2.48. The van der Waals surface area contributed by atoms with Gasteiger partial charge in [0.2, 0.25) is 0 Å². The highest BCUT2D eigenvalue weighted by Gasteiger charge is 2.55. The van der Waals surface area contributed by atoms with Crippen molar-refractivity contribution in [1.29, 1.82) is 0 Å². The van der Waals surface area contributed by atoms with Crippen LogP contribution in [0.25, 0.3) is 0 Å². The van der Waals surface area contributed by atoms with E-state index in [4.69, 9.17) is 11.6 Å². The van der Waals surface area contributed by atoms with Crippen molar-refractivity contribution in [1.82, 2.24) is 10.2 Å². The largest absolute Gasteiger partial charge is 0.308 e. The molecule has 0 aromatic heterocycles. The number of fused-ring (bicyclic) bond motifs is 3. The quantitative estimate of drug-likeness (QED) is 0.878. The van der Waals surface area contributed by atoms with E-state index in [2.05, 4.69) is 12.2 Å². The lowest BCUT2D eigenvalue weighted by atomic mass is 9.91. The summed E-state index contributed by atoms with van der Waals surface area (Å²) in [5, 5.41) is 4.27. The molecule has 21 heavy (non-hydrogen) atoms. The Morgan fingerprint density at radius 2 is 1.90 bits per heavy atom. The van der Waals surface area contributed by atoms with Crippen LogP contribution in [0, 0.1) is 0 Å². The maximum absolute atomic E-state index is 12.8. The van der Waals surface area contributed by atoms with Crippen molar-refractivity contribution in [2.75, 3.05) is 6.54 Å². The first kappa shape index (κ1) is 12.9. The lowest BCUT2D eigenvalue weighted by molar-refractivity contribution is 0.0628. The van der Waals surface area contributed by atoms with Crippen molar-refractivity contribution < 1.29 is 4.79 Å². The maximum atomic E-state index is 12.8. The van der Waals surface area contributed by atoms with E-state index in [1.807, 2.05) is 53.4 Å². The van der Waals surface area contributed by atoms with Gasteiger partial charge in [-0.2, -0.15) is 0 Å². The van der Waals surface area contributed by atoms with Crippen molar-refractivity contribution >= 4 is 17.5 Å². The van der Waals surface area contributed by atoms with Crippen LogP contribution in [0.15, 0.2) is 48.5 Å². The van der Waals surface area contributed by atoms with E-state index >= 15 is 0 Å². The Balaban J connectivity index is 2.00. The fraction of sp³-hybridized carbons (Fsp3) is 0.235. The molecule has 4 heteroatoms. The number of benzene rings is 2. The zero-order valence-corrected chi connectivity index (χ0v) is 12.4. The zero-order chi connectivity index (χ0) is 14.6. The van der Waals surface area contributed by atoms with Crippen molar-refractivity contribution in [3.05, 3.63) is 70.2 Å². The Hall–Kier alpha value is -1.84. The van der Waals surface area contributed by atoms with Gasteiger partial charge in [-0.1, -0.05) is 41.9 Å². The van der Waals surface area contributed by atoms with Gasteiger partial charge < -0.3 is 4.90 Å². The molecule has 2 aliphatic rings. The number of rotatable bonds is 1. The van der Waals surface area contributed by atoms with Crippen LogP contribution in [0.5, 0.6) is 0 Å². The molecule has 2 heterocycles. The summed E-state index contributed by atoms with van der Waals surface area (Å²) in [5.41, 5.74) is 2.31. The molecule has 1 amide bonds. The fourth-order valence-electron chi connectivity index (χ4n) is 3.58. The van der Waals surface area contributed by atoms with E-state index in [1.165, 1.54) is 0 Å². The minimum absolute atomic E-state index is 0.0954. The van der Waals surface area contributed by atoms with E-state index < -0.39 is 5.66 Å². The van der Waals surface area contributed by atoms with E-state index in [0.29, 0.717) is 5.02 Å². The Morgan fingerprint density at radius 3 is 2.67 bits per heavy atom. The summed E-state index contributed by atoms with van der Waals surface area (Å²) in [6, 6.07) is 15.7. The van der Waals surface area contributed by atoms with Crippen LogP contribution in [0.4, 0.5) is 0 Å². The molecule has 1 N–H and O–H groups in total. The Morgan fingerprint density at radius 1 is 1.19 bits per heavy atom. The molecule has 2 aliphatic heterocycles. The SMILES string of the molecule is C[C@H]1CN[C@]2(c3ccc(Cl)cc3)c3ccccc3C(=O)N12. The molecule has 1 saturated heterocycles. The molecular formula is C17H15ClN2O. The van der Waals surface area contributed by atoms with Crippen LogP contribution in [-0.2, 0) is 5.66 Å². The van der Waals surface area contributed by atoms with Crippen LogP contribution < -0.4 is 5.32 Å². The average molecular weight is 299 g/mol. The number of amides is 1. The molecule has 2 aromatic rings. The molecule has 106 valence electrons. The van der Waals surface area contributed by atoms with Gasteiger partial charge in [0, 0.05) is 28.7 Å². The van der Waals surface area contributed by atoms with Crippen LogP contribution in [-0.4, -0.2) is 23.4 Å². The van der Waals surface area contributed by atoms with E-state index in [9.17, 15) is 4.79 Å². The monoisotopic (exact) mass is 298 g/mol. The normalized spacial score (nSPS) is 26.9. The molecule has 0 bridgehead atoms.